The Morgan fingerprint density at radius 2 is 1.93 bits per heavy atom. The summed E-state index contributed by atoms with van der Waals surface area (Å²) >= 11 is 1.34. The average Bonchev–Trinajstić information content (AvgIpc) is 3.37. The van der Waals surface area contributed by atoms with E-state index in [1.165, 1.54) is 31.6 Å². The Balaban J connectivity index is 1.35. The minimum atomic E-state index is -4.02. The topological polar surface area (TPSA) is 118 Å². The highest BCUT2D eigenvalue weighted by atomic mass is 32.2. The lowest BCUT2D eigenvalue weighted by Crippen LogP contribution is -2.53. The molecule has 232 valence electrons. The van der Waals surface area contributed by atoms with Crippen LogP contribution in [0, 0.1) is 23.2 Å². The Morgan fingerprint density at radius 1 is 1.21 bits per heavy atom. The number of thiazole rings is 1. The van der Waals surface area contributed by atoms with Crippen molar-refractivity contribution in [3.8, 4) is 11.5 Å². The number of anilines is 1. The second-order valence-electron chi connectivity index (χ2n) is 12.3. The molecule has 1 aromatic heterocycles. The Morgan fingerprint density at radius 3 is 2.60 bits per heavy atom. The van der Waals surface area contributed by atoms with Gasteiger partial charge in [0.1, 0.15) is 16.4 Å². The highest BCUT2D eigenvalue weighted by Crippen LogP contribution is 2.57. The fourth-order valence-corrected chi connectivity index (χ4v) is 9.90. The zero-order chi connectivity index (χ0) is 31.1. The van der Waals surface area contributed by atoms with Gasteiger partial charge in [0.25, 0.3) is 10.0 Å². The molecule has 0 unspecified atom stereocenters. The largest absolute Gasteiger partial charge is 0.497 e. The van der Waals surface area contributed by atoms with Gasteiger partial charge in [-0.1, -0.05) is 51.1 Å². The highest BCUT2D eigenvalue weighted by Gasteiger charge is 2.54. The number of nitrogens with zero attached hydrogens (tertiary/aromatic N) is 2. The number of aliphatic hydroxyl groups is 1. The maximum absolute atomic E-state index is 13.5. The number of benzene rings is 2. The molecule has 0 bridgehead atoms. The second kappa shape index (κ2) is 12.1. The third-order valence-corrected chi connectivity index (χ3v) is 12.0. The maximum atomic E-state index is 13.5. The summed E-state index contributed by atoms with van der Waals surface area (Å²) in [5, 5.41) is 12.1. The van der Waals surface area contributed by atoms with Gasteiger partial charge in [-0.2, -0.15) is 0 Å². The monoisotopic (exact) mass is 627 g/mol. The van der Waals surface area contributed by atoms with Gasteiger partial charge in [-0.25, -0.2) is 13.4 Å². The molecule has 1 heterocycles. The number of hydrogen-bond acceptors (Lipinski definition) is 8. The predicted molar refractivity (Wildman–Crippen MR) is 167 cm³/mol. The van der Waals surface area contributed by atoms with E-state index in [2.05, 4.69) is 18.6 Å². The average molecular weight is 628 g/mol. The summed E-state index contributed by atoms with van der Waals surface area (Å²) in [6.45, 7) is 6.72. The zero-order valence-electron chi connectivity index (χ0n) is 25.5. The first-order valence-electron chi connectivity index (χ1n) is 14.6. The number of ether oxygens (including phenoxy) is 2. The van der Waals surface area contributed by atoms with Crippen LogP contribution in [0.15, 0.2) is 53.4 Å². The Bertz CT molecular complexity index is 1580. The van der Waals surface area contributed by atoms with E-state index in [-0.39, 0.29) is 50.8 Å². The number of hydrogen-bond donors (Lipinski definition) is 2. The number of carbonyl (C=O) groups excluding carboxylic acids is 1. The molecule has 1 amide bonds. The molecular formula is C32H41N3O6S2. The summed E-state index contributed by atoms with van der Waals surface area (Å²) in [6.07, 6.45) is 1.62. The molecular weight excluding hydrogens is 587 g/mol. The van der Waals surface area contributed by atoms with E-state index in [0.717, 1.165) is 29.0 Å². The number of aromatic nitrogens is 1. The van der Waals surface area contributed by atoms with Crippen molar-refractivity contribution in [3.05, 3.63) is 64.7 Å². The van der Waals surface area contributed by atoms with Crippen LogP contribution in [-0.4, -0.2) is 56.7 Å². The molecule has 1 saturated carbocycles. The number of rotatable bonds is 9. The first-order chi connectivity index (χ1) is 20.4. The first kappa shape index (κ1) is 31.3. The van der Waals surface area contributed by atoms with E-state index < -0.39 is 16.1 Å². The van der Waals surface area contributed by atoms with Crippen molar-refractivity contribution in [1.29, 1.82) is 0 Å². The lowest BCUT2D eigenvalue weighted by atomic mass is 9.53. The molecule has 11 heteroatoms. The van der Waals surface area contributed by atoms with Crippen molar-refractivity contribution in [2.75, 3.05) is 26.0 Å². The minimum absolute atomic E-state index is 0.0268. The number of fused-ring (bicyclic) bond motifs is 2. The molecule has 3 aromatic rings. The van der Waals surface area contributed by atoms with Crippen LogP contribution in [0.25, 0.3) is 0 Å². The molecule has 2 N–H and O–H groups in total. The SMILES string of the molecule is COc1ccc(OC)c(S(=O)(=O)Nc2nc3c(s2)C[C@]2(C)CC[C@@H]([C@H](C)C(=O)N(C)Cc4ccccc4)[C@H](O)[C@H]2[C@@H]3C)c1. The number of aliphatic hydroxyl groups excluding tert-OH is 1. The Hall–Kier alpha value is -3.15. The summed E-state index contributed by atoms with van der Waals surface area (Å²) in [7, 11) is 0.693. The number of sulfonamides is 1. The summed E-state index contributed by atoms with van der Waals surface area (Å²) in [5.74, 6) is -0.113. The quantitative estimate of drug-likeness (QED) is 0.330. The highest BCUT2D eigenvalue weighted by molar-refractivity contribution is 7.93. The van der Waals surface area contributed by atoms with Crippen molar-refractivity contribution in [3.63, 3.8) is 0 Å². The van der Waals surface area contributed by atoms with E-state index in [9.17, 15) is 18.3 Å². The lowest BCUT2D eigenvalue weighted by Gasteiger charge is -2.53. The molecule has 0 spiro atoms. The molecule has 1 fully saturated rings. The van der Waals surface area contributed by atoms with E-state index in [1.807, 2.05) is 44.3 Å². The van der Waals surface area contributed by atoms with Gasteiger partial charge in [0.05, 0.1) is 26.0 Å². The van der Waals surface area contributed by atoms with Crippen LogP contribution in [-0.2, 0) is 27.8 Å². The van der Waals surface area contributed by atoms with E-state index in [4.69, 9.17) is 14.5 Å². The van der Waals surface area contributed by atoms with Gasteiger partial charge >= 0.3 is 0 Å². The molecule has 2 aromatic carbocycles. The van der Waals surface area contributed by atoms with Gasteiger partial charge in [-0.3, -0.25) is 9.52 Å². The zero-order valence-corrected chi connectivity index (χ0v) is 27.2. The number of methoxy groups -OCH3 is 2. The van der Waals surface area contributed by atoms with Crippen molar-refractivity contribution in [2.45, 2.75) is 63.5 Å². The third-order valence-electron chi connectivity index (χ3n) is 9.47. The van der Waals surface area contributed by atoms with Gasteiger partial charge < -0.3 is 19.5 Å². The van der Waals surface area contributed by atoms with Crippen LogP contribution in [0.4, 0.5) is 5.13 Å². The number of nitrogens with one attached hydrogen (secondary N) is 1. The summed E-state index contributed by atoms with van der Waals surface area (Å²) in [6, 6.07) is 14.5. The fourth-order valence-electron chi connectivity index (χ4n) is 7.22. The normalized spacial score (nSPS) is 25.7. The smallest absolute Gasteiger partial charge is 0.267 e. The van der Waals surface area contributed by atoms with Gasteiger partial charge in [-0.05, 0) is 54.2 Å². The van der Waals surface area contributed by atoms with Crippen molar-refractivity contribution in [1.82, 2.24) is 9.88 Å². The fraction of sp³-hybridized carbons (Fsp3) is 0.500. The van der Waals surface area contributed by atoms with Crippen LogP contribution in [0.2, 0.25) is 0 Å². The molecule has 0 aliphatic heterocycles. The second-order valence-corrected chi connectivity index (χ2v) is 15.0. The molecule has 6 atom stereocenters. The number of amides is 1. The van der Waals surface area contributed by atoms with Crippen LogP contribution >= 0.6 is 11.3 Å². The molecule has 5 rings (SSSR count). The predicted octanol–water partition coefficient (Wildman–Crippen LogP) is 5.31. The summed E-state index contributed by atoms with van der Waals surface area (Å²) in [5.41, 5.74) is 1.68. The molecule has 43 heavy (non-hydrogen) atoms. The van der Waals surface area contributed by atoms with Gasteiger partial charge in [-0.15, -0.1) is 11.3 Å². The van der Waals surface area contributed by atoms with Gasteiger partial charge in [0.2, 0.25) is 5.91 Å². The third kappa shape index (κ3) is 5.99. The Labute approximate surface area is 258 Å². The van der Waals surface area contributed by atoms with E-state index in [1.54, 1.807) is 17.0 Å². The number of carbonyl (C=O) groups is 1. The lowest BCUT2D eigenvalue weighted by molar-refractivity contribution is -0.144. The van der Waals surface area contributed by atoms with Crippen LogP contribution in [0.3, 0.4) is 0 Å². The summed E-state index contributed by atoms with van der Waals surface area (Å²) < 4.78 is 40.0. The van der Waals surface area contributed by atoms with E-state index >= 15 is 0 Å². The van der Waals surface area contributed by atoms with Gasteiger partial charge in [0, 0.05) is 36.4 Å². The van der Waals surface area contributed by atoms with Crippen molar-refractivity contribution >= 4 is 32.4 Å². The molecule has 0 saturated heterocycles. The van der Waals surface area contributed by atoms with Gasteiger partial charge in [0.15, 0.2) is 5.13 Å². The van der Waals surface area contributed by atoms with E-state index in [0.29, 0.717) is 18.7 Å². The molecule has 2 aliphatic rings. The standard InChI is InChI=1S/C32H41N3O6S2/c1-19(30(37)35(4)18-21-10-8-7-9-11-21)23-14-15-32(3)17-25-28(20(2)27(32)29(23)36)33-31(42-25)34-43(38,39)26-16-22(40-5)12-13-24(26)41-6/h7-13,16,19-20,23,27,29,36H,14-15,17-18H2,1-6H3,(H,33,34)/t19-,20-,23-,27+,29-,32-/m0/s1. The minimum Gasteiger partial charge on any atom is -0.497 e. The Kier molecular flexibility index (Phi) is 8.79. The van der Waals surface area contributed by atoms with Crippen LogP contribution in [0.1, 0.15) is 55.7 Å². The molecule has 0 radical (unpaired) electrons. The van der Waals surface area contributed by atoms with Crippen LogP contribution in [0.5, 0.6) is 11.5 Å². The summed E-state index contributed by atoms with van der Waals surface area (Å²) in [4.78, 5) is 21.0. The van der Waals surface area contributed by atoms with Crippen LogP contribution < -0.4 is 14.2 Å². The van der Waals surface area contributed by atoms with Crippen molar-refractivity contribution in [2.24, 2.45) is 23.2 Å². The molecule has 2 aliphatic carbocycles. The molecule has 9 nitrogen and oxygen atoms in total. The van der Waals surface area contributed by atoms with Crippen molar-refractivity contribution < 1.29 is 27.8 Å². The maximum Gasteiger partial charge on any atom is 0.267 e. The first-order valence-corrected chi connectivity index (χ1v) is 16.9.